The molecule has 37 heavy (non-hydrogen) atoms. The SMILES string of the molecule is Cc1nc2nc([C@@H]3C[C@@H](C)O[C@@H](c4cnn(C5CC5)c4)C3)nc(-c3ccc(C(F)(F)F)nc3)c2nc1C. The van der Waals surface area contributed by atoms with Gasteiger partial charge in [0.05, 0.1) is 35.8 Å². The van der Waals surface area contributed by atoms with Crippen LogP contribution in [0.2, 0.25) is 0 Å². The third-order valence-electron chi connectivity index (χ3n) is 7.08. The van der Waals surface area contributed by atoms with Crippen LogP contribution in [0.15, 0.2) is 30.7 Å². The molecule has 0 bridgehead atoms. The second-order valence-electron chi connectivity index (χ2n) is 10.0. The molecule has 1 saturated carbocycles. The average Bonchev–Trinajstić information content (AvgIpc) is 3.59. The molecule has 4 aromatic rings. The summed E-state index contributed by atoms with van der Waals surface area (Å²) in [5, 5.41) is 4.51. The van der Waals surface area contributed by atoms with Gasteiger partial charge in [-0.15, -0.1) is 0 Å². The molecule has 5 heterocycles. The van der Waals surface area contributed by atoms with Gasteiger partial charge in [0.25, 0.3) is 0 Å². The monoisotopic (exact) mass is 509 g/mol. The zero-order valence-electron chi connectivity index (χ0n) is 20.7. The molecule has 2 fully saturated rings. The van der Waals surface area contributed by atoms with Crippen molar-refractivity contribution in [2.24, 2.45) is 0 Å². The maximum Gasteiger partial charge on any atom is 0.433 e. The van der Waals surface area contributed by atoms with Crippen molar-refractivity contribution in [1.29, 1.82) is 0 Å². The molecule has 4 aromatic heterocycles. The number of fused-ring (bicyclic) bond motifs is 1. The van der Waals surface area contributed by atoms with Crippen molar-refractivity contribution < 1.29 is 17.9 Å². The zero-order chi connectivity index (χ0) is 25.9. The first-order valence-electron chi connectivity index (χ1n) is 12.4. The fourth-order valence-electron chi connectivity index (χ4n) is 4.84. The highest BCUT2D eigenvalue weighted by Gasteiger charge is 2.34. The fraction of sp³-hybridized carbons (Fsp3) is 0.462. The summed E-state index contributed by atoms with van der Waals surface area (Å²) < 4.78 is 47.6. The highest BCUT2D eigenvalue weighted by atomic mass is 19.4. The molecule has 0 amide bonds. The van der Waals surface area contributed by atoms with Crippen molar-refractivity contribution in [2.75, 3.05) is 0 Å². The molecule has 6 rings (SSSR count). The second kappa shape index (κ2) is 8.83. The van der Waals surface area contributed by atoms with Crippen LogP contribution in [-0.2, 0) is 10.9 Å². The van der Waals surface area contributed by atoms with Gasteiger partial charge < -0.3 is 4.74 Å². The predicted molar refractivity (Wildman–Crippen MR) is 129 cm³/mol. The van der Waals surface area contributed by atoms with Gasteiger partial charge in [0.1, 0.15) is 22.7 Å². The first-order valence-corrected chi connectivity index (χ1v) is 12.4. The molecule has 0 spiro atoms. The van der Waals surface area contributed by atoms with Crippen LogP contribution in [0, 0.1) is 13.8 Å². The molecule has 11 heteroatoms. The van der Waals surface area contributed by atoms with E-state index in [0.29, 0.717) is 52.8 Å². The van der Waals surface area contributed by atoms with Crippen molar-refractivity contribution in [1.82, 2.24) is 34.7 Å². The summed E-state index contributed by atoms with van der Waals surface area (Å²) in [6, 6.07) is 2.82. The third kappa shape index (κ3) is 4.68. The van der Waals surface area contributed by atoms with Gasteiger partial charge in [-0.1, -0.05) is 0 Å². The maximum atomic E-state index is 13.1. The van der Waals surface area contributed by atoms with Crippen molar-refractivity contribution in [2.45, 2.75) is 76.8 Å². The number of pyridine rings is 1. The number of alkyl halides is 3. The molecule has 0 radical (unpaired) electrons. The molecule has 1 aliphatic carbocycles. The first-order chi connectivity index (χ1) is 17.7. The van der Waals surface area contributed by atoms with Crippen LogP contribution in [0.5, 0.6) is 0 Å². The fourth-order valence-corrected chi connectivity index (χ4v) is 4.84. The lowest BCUT2D eigenvalue weighted by Crippen LogP contribution is -2.26. The molecule has 1 saturated heterocycles. The van der Waals surface area contributed by atoms with Gasteiger partial charge in [0.2, 0.25) is 0 Å². The lowest BCUT2D eigenvalue weighted by molar-refractivity contribution is -0.141. The van der Waals surface area contributed by atoms with Gasteiger partial charge in [-0.2, -0.15) is 18.3 Å². The van der Waals surface area contributed by atoms with E-state index in [-0.39, 0.29) is 18.1 Å². The standard InChI is InChI=1S/C26H26F3N7O/c1-13-8-17(9-20(37-13)18-11-31-36(12-18)19-5-6-19)24-34-22(16-4-7-21(30-10-16)26(27,28)29)23-25(35-24)33-15(3)14(2)32-23/h4,7,10-13,17,19-20H,5-6,8-9H2,1-3H3/t13-,17-,20-/m1/s1. The molecule has 8 nitrogen and oxygen atoms in total. The summed E-state index contributed by atoms with van der Waals surface area (Å²) in [6.07, 6.45) is 4.09. The Morgan fingerprint density at radius 1 is 0.973 bits per heavy atom. The number of halogens is 3. The van der Waals surface area contributed by atoms with E-state index in [1.54, 1.807) is 0 Å². The third-order valence-corrected chi connectivity index (χ3v) is 7.08. The average molecular weight is 510 g/mol. The Balaban J connectivity index is 1.40. The Morgan fingerprint density at radius 3 is 2.46 bits per heavy atom. The van der Waals surface area contributed by atoms with Gasteiger partial charge >= 0.3 is 6.18 Å². The van der Waals surface area contributed by atoms with Gasteiger partial charge in [0, 0.05) is 29.4 Å². The summed E-state index contributed by atoms with van der Waals surface area (Å²) in [4.78, 5) is 22.6. The Hall–Kier alpha value is -3.47. The Labute approximate surface area is 211 Å². The smallest absolute Gasteiger partial charge is 0.370 e. The summed E-state index contributed by atoms with van der Waals surface area (Å²) >= 11 is 0. The summed E-state index contributed by atoms with van der Waals surface area (Å²) in [6.45, 7) is 5.71. The molecule has 192 valence electrons. The molecule has 0 unspecified atom stereocenters. The lowest BCUT2D eigenvalue weighted by Gasteiger charge is -2.33. The molecule has 0 N–H and O–H groups in total. The second-order valence-corrected chi connectivity index (χ2v) is 10.0. The highest BCUT2D eigenvalue weighted by Crippen LogP contribution is 2.41. The Bertz CT molecular complexity index is 1460. The molecule has 3 atom stereocenters. The topological polar surface area (TPSA) is 91.5 Å². The van der Waals surface area contributed by atoms with Gasteiger partial charge in [-0.25, -0.2) is 19.9 Å². The molecule has 2 aliphatic rings. The number of nitrogens with zero attached hydrogens (tertiary/aromatic N) is 7. The normalized spacial score (nSPS) is 22.5. The van der Waals surface area contributed by atoms with Crippen LogP contribution in [0.4, 0.5) is 13.2 Å². The lowest BCUT2D eigenvalue weighted by atomic mass is 9.89. The van der Waals surface area contributed by atoms with Gasteiger partial charge in [0.15, 0.2) is 5.65 Å². The number of rotatable bonds is 4. The van der Waals surface area contributed by atoms with E-state index in [4.69, 9.17) is 14.7 Å². The maximum absolute atomic E-state index is 13.1. The van der Waals surface area contributed by atoms with Crippen LogP contribution in [-0.4, -0.2) is 40.8 Å². The van der Waals surface area contributed by atoms with Crippen LogP contribution in [0.3, 0.4) is 0 Å². The van der Waals surface area contributed by atoms with Gasteiger partial charge in [-0.3, -0.25) is 9.67 Å². The number of hydrogen-bond donors (Lipinski definition) is 0. The van der Waals surface area contributed by atoms with Crippen LogP contribution >= 0.6 is 0 Å². The minimum atomic E-state index is -4.52. The highest BCUT2D eigenvalue weighted by molar-refractivity contribution is 5.86. The van der Waals surface area contributed by atoms with Crippen LogP contribution < -0.4 is 0 Å². The summed E-state index contributed by atoms with van der Waals surface area (Å²) in [5.74, 6) is 0.543. The van der Waals surface area contributed by atoms with Crippen molar-refractivity contribution in [3.8, 4) is 11.3 Å². The Kier molecular flexibility index (Phi) is 5.70. The number of aromatic nitrogens is 7. The zero-order valence-corrected chi connectivity index (χ0v) is 20.7. The van der Waals surface area contributed by atoms with Crippen molar-refractivity contribution in [3.05, 3.63) is 59.2 Å². The van der Waals surface area contributed by atoms with Crippen molar-refractivity contribution >= 4 is 11.2 Å². The number of hydrogen-bond acceptors (Lipinski definition) is 7. The van der Waals surface area contributed by atoms with E-state index in [1.165, 1.54) is 12.3 Å². The van der Waals surface area contributed by atoms with Crippen LogP contribution in [0.1, 0.15) is 79.1 Å². The first kappa shape index (κ1) is 23.9. The molecular formula is C26H26F3N7O. The van der Waals surface area contributed by atoms with Gasteiger partial charge in [-0.05, 0) is 58.6 Å². The van der Waals surface area contributed by atoms with E-state index in [0.717, 1.165) is 30.2 Å². The van der Waals surface area contributed by atoms with E-state index >= 15 is 0 Å². The van der Waals surface area contributed by atoms with E-state index < -0.39 is 11.9 Å². The molecule has 0 aromatic carbocycles. The van der Waals surface area contributed by atoms with Crippen LogP contribution in [0.25, 0.3) is 22.4 Å². The van der Waals surface area contributed by atoms with E-state index in [2.05, 4.69) is 26.2 Å². The largest absolute Gasteiger partial charge is 0.433 e. The molecular weight excluding hydrogens is 483 g/mol. The summed E-state index contributed by atoms with van der Waals surface area (Å²) in [5.41, 5.74) is 3.23. The number of ether oxygens (including phenoxy) is 1. The minimum Gasteiger partial charge on any atom is -0.370 e. The number of aryl methyl sites for hydroxylation is 2. The van der Waals surface area contributed by atoms with Crippen molar-refractivity contribution in [3.63, 3.8) is 0 Å². The molecule has 1 aliphatic heterocycles. The van der Waals surface area contributed by atoms with E-state index in [1.807, 2.05) is 31.6 Å². The summed E-state index contributed by atoms with van der Waals surface area (Å²) in [7, 11) is 0. The minimum absolute atomic E-state index is 0.0330. The van der Waals surface area contributed by atoms with E-state index in [9.17, 15) is 13.2 Å². The Morgan fingerprint density at radius 2 is 1.76 bits per heavy atom. The predicted octanol–water partition coefficient (Wildman–Crippen LogP) is 5.67. The quantitative estimate of drug-likeness (QED) is 0.350.